The van der Waals surface area contributed by atoms with Gasteiger partial charge in [-0.05, 0) is 74.9 Å². The summed E-state index contributed by atoms with van der Waals surface area (Å²) in [7, 11) is 0. The van der Waals surface area contributed by atoms with Crippen molar-refractivity contribution in [1.82, 2.24) is 0 Å². The van der Waals surface area contributed by atoms with Crippen molar-refractivity contribution in [2.45, 2.75) is 83.7 Å². The summed E-state index contributed by atoms with van der Waals surface area (Å²) in [5.41, 5.74) is 3.89. The summed E-state index contributed by atoms with van der Waals surface area (Å²) < 4.78 is 12.0. The standard InChI is InChI=1S/C20H30O3/c1-13-6-5-10-19(4)17(23-19)20(21)15-8-7-14(2)18(3,11-9-13)16(15)12-22-20/h6,14,17,21H,5,7-12H2,1-4H3/b13-6-/t14-,17+,18+,19+,20-/m1/s1. The molecule has 4 rings (SSSR count). The lowest BCUT2D eigenvalue weighted by Gasteiger charge is -2.42. The second-order valence-electron chi connectivity index (χ2n) is 8.70. The van der Waals surface area contributed by atoms with Crippen LogP contribution in [0.1, 0.15) is 66.2 Å². The molecule has 0 spiro atoms. The van der Waals surface area contributed by atoms with Crippen molar-refractivity contribution in [2.24, 2.45) is 11.3 Å². The largest absolute Gasteiger partial charge is 0.360 e. The Morgan fingerprint density at radius 3 is 2.74 bits per heavy atom. The molecule has 5 atom stereocenters. The number of hydrogen-bond acceptors (Lipinski definition) is 3. The Hall–Kier alpha value is -0.640. The molecule has 3 nitrogen and oxygen atoms in total. The fourth-order valence-corrected chi connectivity index (χ4v) is 5.10. The zero-order chi connectivity index (χ0) is 16.5. The first-order valence-corrected chi connectivity index (χ1v) is 9.22. The van der Waals surface area contributed by atoms with Gasteiger partial charge < -0.3 is 14.6 Å². The fraction of sp³-hybridized carbons (Fsp3) is 0.800. The van der Waals surface area contributed by atoms with E-state index < -0.39 is 5.79 Å². The van der Waals surface area contributed by atoms with Gasteiger partial charge in [-0.2, -0.15) is 0 Å². The number of allylic oxidation sites excluding steroid dienone is 2. The molecular formula is C20H30O3. The van der Waals surface area contributed by atoms with Gasteiger partial charge in [0, 0.05) is 0 Å². The third-order valence-corrected chi connectivity index (χ3v) is 7.25. The monoisotopic (exact) mass is 318 g/mol. The Kier molecular flexibility index (Phi) is 3.40. The number of fused-ring (bicyclic) bond motifs is 2. The second-order valence-corrected chi connectivity index (χ2v) is 8.70. The maximum Gasteiger partial charge on any atom is 0.219 e. The van der Waals surface area contributed by atoms with E-state index in [4.69, 9.17) is 9.47 Å². The molecule has 0 amide bonds. The number of rotatable bonds is 0. The lowest BCUT2D eigenvalue weighted by molar-refractivity contribution is -0.169. The van der Waals surface area contributed by atoms with Crippen LogP contribution >= 0.6 is 0 Å². The summed E-state index contributed by atoms with van der Waals surface area (Å²) in [5, 5.41) is 11.3. The van der Waals surface area contributed by atoms with Gasteiger partial charge >= 0.3 is 0 Å². The molecule has 2 aliphatic heterocycles. The van der Waals surface area contributed by atoms with Crippen molar-refractivity contribution < 1.29 is 14.6 Å². The average Bonchev–Trinajstić information content (AvgIpc) is 3.05. The Morgan fingerprint density at radius 1 is 1.17 bits per heavy atom. The second kappa shape index (κ2) is 4.93. The van der Waals surface area contributed by atoms with Crippen LogP contribution in [0.15, 0.2) is 22.8 Å². The van der Waals surface area contributed by atoms with E-state index in [2.05, 4.69) is 33.8 Å². The van der Waals surface area contributed by atoms with Gasteiger partial charge in [0.2, 0.25) is 5.79 Å². The van der Waals surface area contributed by atoms with E-state index in [-0.39, 0.29) is 17.1 Å². The van der Waals surface area contributed by atoms with E-state index in [0.717, 1.165) is 44.1 Å². The number of hydrogen-bond donors (Lipinski definition) is 1. The molecule has 3 heteroatoms. The van der Waals surface area contributed by atoms with E-state index in [1.807, 2.05) is 0 Å². The molecule has 23 heavy (non-hydrogen) atoms. The minimum Gasteiger partial charge on any atom is -0.360 e. The summed E-state index contributed by atoms with van der Waals surface area (Å²) >= 11 is 0. The van der Waals surface area contributed by atoms with Crippen molar-refractivity contribution in [3.8, 4) is 0 Å². The summed E-state index contributed by atoms with van der Waals surface area (Å²) in [6.07, 6.45) is 8.51. The molecular weight excluding hydrogens is 288 g/mol. The molecule has 1 fully saturated rings. The van der Waals surface area contributed by atoms with E-state index in [0.29, 0.717) is 12.5 Å². The summed E-state index contributed by atoms with van der Waals surface area (Å²) in [4.78, 5) is 0. The number of epoxide rings is 1. The molecule has 1 N–H and O–H groups in total. The Morgan fingerprint density at radius 2 is 1.96 bits per heavy atom. The van der Waals surface area contributed by atoms with Crippen LogP contribution in [0.25, 0.3) is 0 Å². The molecule has 0 unspecified atom stereocenters. The Labute approximate surface area is 139 Å². The van der Waals surface area contributed by atoms with E-state index in [1.54, 1.807) is 0 Å². The highest BCUT2D eigenvalue weighted by Gasteiger charge is 2.67. The summed E-state index contributed by atoms with van der Waals surface area (Å²) in [6.45, 7) is 9.70. The molecule has 2 heterocycles. The van der Waals surface area contributed by atoms with Crippen LogP contribution in [-0.4, -0.2) is 29.2 Å². The van der Waals surface area contributed by atoms with Gasteiger partial charge in [0.1, 0.15) is 6.10 Å². The van der Waals surface area contributed by atoms with Gasteiger partial charge in [0.15, 0.2) is 0 Å². The Bertz CT molecular complexity index is 592. The molecule has 0 aromatic carbocycles. The molecule has 0 saturated carbocycles. The molecule has 0 aromatic rings. The quantitative estimate of drug-likeness (QED) is 0.540. The number of ether oxygens (including phenoxy) is 2. The lowest BCUT2D eigenvalue weighted by atomic mass is 9.62. The fourth-order valence-electron chi connectivity index (χ4n) is 5.10. The smallest absolute Gasteiger partial charge is 0.219 e. The molecule has 4 bridgehead atoms. The van der Waals surface area contributed by atoms with Crippen molar-refractivity contribution >= 4 is 0 Å². The van der Waals surface area contributed by atoms with Crippen LogP contribution in [0.5, 0.6) is 0 Å². The maximum atomic E-state index is 11.3. The van der Waals surface area contributed by atoms with Crippen molar-refractivity contribution in [2.75, 3.05) is 6.61 Å². The topological polar surface area (TPSA) is 42.0 Å². The average molecular weight is 318 g/mol. The van der Waals surface area contributed by atoms with Gasteiger partial charge in [-0.15, -0.1) is 0 Å². The Balaban J connectivity index is 1.79. The van der Waals surface area contributed by atoms with Gasteiger partial charge in [-0.1, -0.05) is 25.5 Å². The maximum absolute atomic E-state index is 11.3. The zero-order valence-electron chi connectivity index (χ0n) is 14.9. The van der Waals surface area contributed by atoms with Crippen LogP contribution in [0, 0.1) is 11.3 Å². The predicted octanol–water partition coefficient (Wildman–Crippen LogP) is 4.12. The number of aliphatic hydroxyl groups is 1. The van der Waals surface area contributed by atoms with Crippen LogP contribution in [0.4, 0.5) is 0 Å². The van der Waals surface area contributed by atoms with E-state index >= 15 is 0 Å². The van der Waals surface area contributed by atoms with Gasteiger partial charge in [-0.3, -0.25) is 0 Å². The van der Waals surface area contributed by atoms with Gasteiger partial charge in [-0.25, -0.2) is 0 Å². The molecule has 0 radical (unpaired) electrons. The van der Waals surface area contributed by atoms with Crippen LogP contribution < -0.4 is 0 Å². The summed E-state index contributed by atoms with van der Waals surface area (Å²) in [5.74, 6) is -0.543. The third kappa shape index (κ3) is 2.20. The van der Waals surface area contributed by atoms with Crippen LogP contribution in [0.2, 0.25) is 0 Å². The van der Waals surface area contributed by atoms with Gasteiger partial charge in [0.05, 0.1) is 12.2 Å². The molecule has 4 aliphatic rings. The SMILES string of the molecule is C/C1=C/CC[C@]2(C)O[C@@H]2[C@]2(O)OCC3=C2CC[C@@H](C)[C@]3(C)CC1. The first kappa shape index (κ1) is 15.9. The zero-order valence-corrected chi connectivity index (χ0v) is 14.9. The van der Waals surface area contributed by atoms with Crippen molar-refractivity contribution in [3.05, 3.63) is 22.8 Å². The van der Waals surface area contributed by atoms with E-state index in [9.17, 15) is 5.11 Å². The van der Waals surface area contributed by atoms with E-state index in [1.165, 1.54) is 11.1 Å². The van der Waals surface area contributed by atoms with Crippen LogP contribution in [0.3, 0.4) is 0 Å². The highest BCUT2D eigenvalue weighted by atomic mass is 16.7. The molecule has 128 valence electrons. The summed E-state index contributed by atoms with van der Waals surface area (Å²) in [6, 6.07) is 0. The highest BCUT2D eigenvalue weighted by molar-refractivity contribution is 5.38. The van der Waals surface area contributed by atoms with Gasteiger partial charge in [0.25, 0.3) is 0 Å². The van der Waals surface area contributed by atoms with Crippen molar-refractivity contribution in [1.29, 1.82) is 0 Å². The third-order valence-electron chi connectivity index (χ3n) is 7.25. The molecule has 0 aromatic heterocycles. The van der Waals surface area contributed by atoms with Crippen LogP contribution in [-0.2, 0) is 9.47 Å². The first-order valence-electron chi connectivity index (χ1n) is 9.22. The highest BCUT2D eigenvalue weighted by Crippen LogP contribution is 2.59. The minimum absolute atomic E-state index is 0.137. The molecule has 1 saturated heterocycles. The minimum atomic E-state index is -1.18. The lowest BCUT2D eigenvalue weighted by Crippen LogP contribution is -2.42. The molecule has 2 aliphatic carbocycles. The van der Waals surface area contributed by atoms with Crippen molar-refractivity contribution in [3.63, 3.8) is 0 Å². The predicted molar refractivity (Wildman–Crippen MR) is 89.9 cm³/mol. The first-order chi connectivity index (χ1) is 10.8. The normalized spacial score (nSPS) is 52.1.